The van der Waals surface area contributed by atoms with E-state index in [0.717, 1.165) is 38.9 Å². The van der Waals surface area contributed by atoms with E-state index in [1.807, 2.05) is 4.90 Å². The van der Waals surface area contributed by atoms with E-state index in [2.05, 4.69) is 18.9 Å². The smallest absolute Gasteiger partial charge is 0.344 e. The van der Waals surface area contributed by atoms with Crippen molar-refractivity contribution in [2.75, 3.05) is 46.8 Å². The van der Waals surface area contributed by atoms with Gasteiger partial charge < -0.3 is 9.80 Å². The Morgan fingerprint density at radius 3 is 1.97 bits per heavy atom. The Morgan fingerprint density at radius 1 is 0.969 bits per heavy atom. The van der Waals surface area contributed by atoms with E-state index >= 15 is 0 Å². The van der Waals surface area contributed by atoms with Gasteiger partial charge in [-0.3, -0.25) is 9.69 Å². The van der Waals surface area contributed by atoms with Gasteiger partial charge in [0.25, 0.3) is 0 Å². The van der Waals surface area contributed by atoms with Gasteiger partial charge in [-0.2, -0.15) is 26.3 Å². The average molecular weight is 467 g/mol. The Labute approximate surface area is 185 Å². The number of hydrogen-bond donors (Lipinski definition) is 0. The number of alkyl halides is 6. The molecule has 1 amide bonds. The maximum absolute atomic E-state index is 13.0. The number of rotatable bonds is 8. The van der Waals surface area contributed by atoms with Crippen molar-refractivity contribution < 1.29 is 31.1 Å². The Balaban J connectivity index is 1.92. The molecule has 1 aromatic rings. The highest BCUT2D eigenvalue weighted by atomic mass is 19.4. The van der Waals surface area contributed by atoms with Crippen molar-refractivity contribution in [3.63, 3.8) is 0 Å². The molecule has 32 heavy (non-hydrogen) atoms. The van der Waals surface area contributed by atoms with E-state index in [9.17, 15) is 31.1 Å². The van der Waals surface area contributed by atoms with E-state index < -0.39 is 23.5 Å². The molecule has 2 rings (SSSR count). The minimum Gasteiger partial charge on any atom is -0.344 e. The third-order valence-electron chi connectivity index (χ3n) is 5.92. The summed E-state index contributed by atoms with van der Waals surface area (Å²) in [5, 5.41) is 0. The van der Waals surface area contributed by atoms with Crippen molar-refractivity contribution >= 4 is 5.91 Å². The lowest BCUT2D eigenvalue weighted by Gasteiger charge is -2.36. The number of nitrogens with zero attached hydrogens (tertiary/aromatic N) is 3. The number of carbonyl (C=O) groups excluding carboxylic acids is 1. The molecule has 1 aliphatic heterocycles. The molecule has 0 N–H and O–H groups in total. The number of benzene rings is 1. The van der Waals surface area contributed by atoms with Crippen LogP contribution in [0.3, 0.4) is 0 Å². The van der Waals surface area contributed by atoms with Gasteiger partial charge in [-0.15, -0.1) is 0 Å². The van der Waals surface area contributed by atoms with Gasteiger partial charge in [0.1, 0.15) is 0 Å². The zero-order chi connectivity index (χ0) is 24.1. The van der Waals surface area contributed by atoms with E-state index in [0.29, 0.717) is 18.2 Å². The van der Waals surface area contributed by atoms with Crippen LogP contribution < -0.4 is 0 Å². The Kier molecular flexibility index (Phi) is 8.98. The second-order valence-corrected chi connectivity index (χ2v) is 8.47. The van der Waals surface area contributed by atoms with Crippen LogP contribution in [-0.4, -0.2) is 73.5 Å². The van der Waals surface area contributed by atoms with Crippen LogP contribution in [0.1, 0.15) is 42.9 Å². The van der Waals surface area contributed by atoms with E-state index in [1.165, 1.54) is 11.9 Å². The summed E-state index contributed by atoms with van der Waals surface area (Å²) < 4.78 is 78.0. The molecular weight excluding hydrogens is 436 g/mol. The van der Waals surface area contributed by atoms with Crippen LogP contribution in [0.4, 0.5) is 26.3 Å². The Bertz CT molecular complexity index is 725. The third-order valence-corrected chi connectivity index (χ3v) is 5.92. The van der Waals surface area contributed by atoms with Gasteiger partial charge >= 0.3 is 12.4 Å². The van der Waals surface area contributed by atoms with E-state index in [-0.39, 0.29) is 37.0 Å². The van der Waals surface area contributed by atoms with Crippen LogP contribution >= 0.6 is 0 Å². The van der Waals surface area contributed by atoms with Gasteiger partial charge in [0, 0.05) is 32.7 Å². The summed E-state index contributed by atoms with van der Waals surface area (Å²) in [4.78, 5) is 18.3. The minimum atomic E-state index is -4.88. The number of carbonyl (C=O) groups is 1. The van der Waals surface area contributed by atoms with Crippen molar-refractivity contribution in [2.45, 2.75) is 51.0 Å². The van der Waals surface area contributed by atoms with Crippen LogP contribution in [0.15, 0.2) is 18.2 Å². The number of hydrogen-bond acceptors (Lipinski definition) is 3. The van der Waals surface area contributed by atoms with Crippen LogP contribution in [0.25, 0.3) is 0 Å². The summed E-state index contributed by atoms with van der Waals surface area (Å²) >= 11 is 0. The summed E-state index contributed by atoms with van der Waals surface area (Å²) in [6, 6.07) is 2.03. The van der Waals surface area contributed by atoms with Crippen LogP contribution in [0.2, 0.25) is 0 Å². The quantitative estimate of drug-likeness (QED) is 0.526. The van der Waals surface area contributed by atoms with Gasteiger partial charge in [-0.1, -0.05) is 6.92 Å². The first kappa shape index (κ1) is 26.4. The lowest BCUT2D eigenvalue weighted by atomic mass is 10.0. The van der Waals surface area contributed by atoms with Crippen molar-refractivity contribution in [1.82, 2.24) is 14.7 Å². The molecule has 1 saturated heterocycles. The van der Waals surface area contributed by atoms with Crippen molar-refractivity contribution in [3.8, 4) is 0 Å². The highest BCUT2D eigenvalue weighted by Gasteiger charge is 2.36. The van der Waals surface area contributed by atoms with Gasteiger partial charge in [0.15, 0.2) is 0 Å². The second-order valence-electron chi connectivity index (χ2n) is 8.47. The molecule has 0 radical (unpaired) electrons. The summed E-state index contributed by atoms with van der Waals surface area (Å²) in [6.45, 7) is 4.94. The largest absolute Gasteiger partial charge is 0.416 e. The predicted molar refractivity (Wildman–Crippen MR) is 110 cm³/mol. The van der Waals surface area contributed by atoms with E-state index in [4.69, 9.17) is 0 Å². The van der Waals surface area contributed by atoms with Gasteiger partial charge in [-0.25, -0.2) is 0 Å². The first-order valence-electron chi connectivity index (χ1n) is 10.8. The number of halogens is 6. The summed E-state index contributed by atoms with van der Waals surface area (Å²) in [7, 11) is 3.61. The molecule has 1 fully saturated rings. The zero-order valence-corrected chi connectivity index (χ0v) is 18.7. The fraction of sp³-hybridized carbons (Fsp3) is 0.682. The third kappa shape index (κ3) is 7.65. The lowest BCUT2D eigenvalue weighted by molar-refractivity contribution is -0.143. The molecule has 0 aromatic heterocycles. The summed E-state index contributed by atoms with van der Waals surface area (Å²) in [6.07, 6.45) is -6.87. The number of likely N-dealkylation sites (tertiary alicyclic amines) is 1. The first-order valence-corrected chi connectivity index (χ1v) is 10.8. The highest BCUT2D eigenvalue weighted by molar-refractivity contribution is 5.78. The normalized spacial score (nSPS) is 16.6. The Hall–Kier alpha value is -1.81. The summed E-state index contributed by atoms with van der Waals surface area (Å²) in [5.74, 6) is -0.201. The molecular formula is C22H31F6N3O. The second kappa shape index (κ2) is 10.9. The van der Waals surface area contributed by atoms with Crippen molar-refractivity contribution in [1.29, 1.82) is 0 Å². The molecule has 0 unspecified atom stereocenters. The van der Waals surface area contributed by atoms with E-state index in [1.54, 1.807) is 0 Å². The first-order chi connectivity index (χ1) is 14.8. The average Bonchev–Trinajstić information content (AvgIpc) is 2.71. The molecule has 1 heterocycles. The monoisotopic (exact) mass is 467 g/mol. The molecule has 182 valence electrons. The van der Waals surface area contributed by atoms with Crippen LogP contribution in [0, 0.1) is 0 Å². The predicted octanol–water partition coefficient (Wildman–Crippen LogP) is 4.53. The topological polar surface area (TPSA) is 26.8 Å². The standard InChI is InChI=1S/C22H31F6N3O/c1-4-8-29(2)19-6-10-31(11-7-19)15-20(32)30(3)9-5-16-12-17(21(23,24)25)14-18(13-16)22(26,27)28/h12-14,19H,4-11,15H2,1-3H3. The summed E-state index contributed by atoms with van der Waals surface area (Å²) in [5.41, 5.74) is -2.79. The van der Waals surface area contributed by atoms with Gasteiger partial charge in [0.2, 0.25) is 5.91 Å². The fourth-order valence-electron chi connectivity index (χ4n) is 3.95. The van der Waals surface area contributed by atoms with Crippen LogP contribution in [0.5, 0.6) is 0 Å². The van der Waals surface area contributed by atoms with Gasteiger partial charge in [0.05, 0.1) is 17.7 Å². The zero-order valence-electron chi connectivity index (χ0n) is 18.7. The SMILES string of the molecule is CCCN(C)C1CCN(CC(=O)N(C)CCc2cc(C(F)(F)F)cc(C(F)(F)F)c2)CC1. The molecule has 4 nitrogen and oxygen atoms in total. The van der Waals surface area contributed by atoms with Gasteiger partial charge in [-0.05, 0) is 63.0 Å². The minimum absolute atomic E-state index is 0.0349. The molecule has 0 atom stereocenters. The fourth-order valence-corrected chi connectivity index (χ4v) is 3.95. The number of piperidine rings is 1. The number of amides is 1. The highest BCUT2D eigenvalue weighted by Crippen LogP contribution is 2.36. The Morgan fingerprint density at radius 2 is 1.50 bits per heavy atom. The molecule has 10 heteroatoms. The molecule has 1 aromatic carbocycles. The lowest BCUT2D eigenvalue weighted by Crippen LogP contribution is -2.47. The van der Waals surface area contributed by atoms with Crippen molar-refractivity contribution in [2.24, 2.45) is 0 Å². The molecule has 1 aliphatic rings. The molecule has 0 bridgehead atoms. The van der Waals surface area contributed by atoms with Crippen LogP contribution in [-0.2, 0) is 23.6 Å². The molecule has 0 spiro atoms. The maximum atomic E-state index is 13.0. The maximum Gasteiger partial charge on any atom is 0.416 e. The molecule has 0 saturated carbocycles. The van der Waals surface area contributed by atoms with Crippen molar-refractivity contribution in [3.05, 3.63) is 34.9 Å². The molecule has 0 aliphatic carbocycles. The number of likely N-dealkylation sites (N-methyl/N-ethyl adjacent to an activating group) is 1.